The Balaban J connectivity index is 1.59. The van der Waals surface area contributed by atoms with Crippen molar-refractivity contribution >= 4 is 23.7 Å². The lowest BCUT2D eigenvalue weighted by molar-refractivity contribution is -0.118. The van der Waals surface area contributed by atoms with Crippen molar-refractivity contribution in [3.8, 4) is 11.5 Å². The molecule has 0 spiro atoms. The van der Waals surface area contributed by atoms with Gasteiger partial charge in [0, 0.05) is 11.3 Å². The third-order valence-electron chi connectivity index (χ3n) is 5.11. The van der Waals surface area contributed by atoms with Gasteiger partial charge in [0.05, 0.1) is 12.8 Å². The SMILES string of the molecule is CCOc1cc(C=NNC(=O)c2ccc(C)cc2)ccc1OCC(=O)Nc1ccc(C)c(C)c1. The van der Waals surface area contributed by atoms with E-state index in [2.05, 4.69) is 15.8 Å². The molecule has 0 aromatic heterocycles. The number of anilines is 1. The highest BCUT2D eigenvalue weighted by Gasteiger charge is 2.10. The van der Waals surface area contributed by atoms with Gasteiger partial charge < -0.3 is 14.8 Å². The molecule has 3 aromatic rings. The van der Waals surface area contributed by atoms with Crippen LogP contribution in [-0.2, 0) is 4.79 Å². The zero-order valence-corrected chi connectivity index (χ0v) is 19.8. The van der Waals surface area contributed by atoms with Crippen LogP contribution in [0.3, 0.4) is 0 Å². The summed E-state index contributed by atoms with van der Waals surface area (Å²) in [6.07, 6.45) is 1.52. The zero-order valence-electron chi connectivity index (χ0n) is 19.8. The summed E-state index contributed by atoms with van der Waals surface area (Å²) in [7, 11) is 0. The monoisotopic (exact) mass is 459 g/mol. The molecule has 176 valence electrons. The summed E-state index contributed by atoms with van der Waals surface area (Å²) in [6, 6.07) is 18.2. The van der Waals surface area contributed by atoms with E-state index in [9.17, 15) is 9.59 Å². The third-order valence-corrected chi connectivity index (χ3v) is 5.11. The molecule has 0 fully saturated rings. The van der Waals surface area contributed by atoms with Crippen molar-refractivity contribution in [1.29, 1.82) is 0 Å². The van der Waals surface area contributed by atoms with E-state index in [4.69, 9.17) is 9.47 Å². The quantitative estimate of drug-likeness (QED) is 0.356. The molecule has 0 atom stereocenters. The molecule has 7 heteroatoms. The number of ether oxygens (including phenoxy) is 2. The highest BCUT2D eigenvalue weighted by molar-refractivity contribution is 5.95. The lowest BCUT2D eigenvalue weighted by Crippen LogP contribution is -2.20. The summed E-state index contributed by atoms with van der Waals surface area (Å²) in [5, 5.41) is 6.85. The average Bonchev–Trinajstić information content (AvgIpc) is 2.81. The molecule has 0 radical (unpaired) electrons. The summed E-state index contributed by atoms with van der Waals surface area (Å²) in [5.74, 6) is 0.361. The number of rotatable bonds is 9. The number of nitrogens with one attached hydrogen (secondary N) is 2. The van der Waals surface area contributed by atoms with Gasteiger partial charge >= 0.3 is 0 Å². The zero-order chi connectivity index (χ0) is 24.5. The molecule has 2 amide bonds. The first kappa shape index (κ1) is 24.5. The van der Waals surface area contributed by atoms with Gasteiger partial charge in [-0.3, -0.25) is 9.59 Å². The second-order valence-corrected chi connectivity index (χ2v) is 7.84. The van der Waals surface area contributed by atoms with E-state index in [1.54, 1.807) is 30.3 Å². The lowest BCUT2D eigenvalue weighted by Gasteiger charge is -2.13. The van der Waals surface area contributed by atoms with Gasteiger partial charge in [-0.25, -0.2) is 5.43 Å². The van der Waals surface area contributed by atoms with Gasteiger partial charge in [0.15, 0.2) is 18.1 Å². The van der Waals surface area contributed by atoms with E-state index in [1.165, 1.54) is 6.21 Å². The van der Waals surface area contributed by atoms with Crippen molar-refractivity contribution in [2.45, 2.75) is 27.7 Å². The molecule has 7 nitrogen and oxygen atoms in total. The van der Waals surface area contributed by atoms with Crippen LogP contribution in [-0.4, -0.2) is 31.2 Å². The van der Waals surface area contributed by atoms with Crippen molar-refractivity contribution in [1.82, 2.24) is 5.43 Å². The number of amides is 2. The summed E-state index contributed by atoms with van der Waals surface area (Å²) >= 11 is 0. The predicted molar refractivity (Wildman–Crippen MR) is 134 cm³/mol. The van der Waals surface area contributed by atoms with E-state index >= 15 is 0 Å². The summed E-state index contributed by atoms with van der Waals surface area (Å²) in [6.45, 7) is 8.10. The molecule has 34 heavy (non-hydrogen) atoms. The molecule has 0 unspecified atom stereocenters. The molecule has 0 heterocycles. The predicted octanol–water partition coefficient (Wildman–Crippen LogP) is 4.79. The smallest absolute Gasteiger partial charge is 0.271 e. The first-order valence-corrected chi connectivity index (χ1v) is 11.0. The molecule has 0 aliphatic heterocycles. The molecule has 3 rings (SSSR count). The van der Waals surface area contributed by atoms with Gasteiger partial charge in [-0.1, -0.05) is 23.8 Å². The molecular formula is C27H29N3O4. The molecule has 0 saturated heterocycles. The summed E-state index contributed by atoms with van der Waals surface area (Å²) in [5.41, 5.74) is 7.81. The number of hydrogen-bond acceptors (Lipinski definition) is 5. The summed E-state index contributed by atoms with van der Waals surface area (Å²) in [4.78, 5) is 24.5. The first-order valence-electron chi connectivity index (χ1n) is 11.0. The van der Waals surface area contributed by atoms with Crippen LogP contribution in [0.5, 0.6) is 11.5 Å². The van der Waals surface area contributed by atoms with Crippen LogP contribution in [0, 0.1) is 20.8 Å². The minimum absolute atomic E-state index is 0.160. The van der Waals surface area contributed by atoms with E-state index in [-0.39, 0.29) is 18.4 Å². The minimum Gasteiger partial charge on any atom is -0.490 e. The van der Waals surface area contributed by atoms with Crippen LogP contribution in [0.25, 0.3) is 0 Å². The number of hydrazone groups is 1. The van der Waals surface area contributed by atoms with Gasteiger partial charge in [0.2, 0.25) is 0 Å². The Morgan fingerprint density at radius 3 is 2.35 bits per heavy atom. The second-order valence-electron chi connectivity index (χ2n) is 7.84. The molecule has 0 saturated carbocycles. The molecule has 0 aliphatic carbocycles. The van der Waals surface area contributed by atoms with E-state index in [0.29, 0.717) is 29.2 Å². The number of carbonyl (C=O) groups is 2. The van der Waals surface area contributed by atoms with Gasteiger partial charge in [-0.05, 0) is 86.8 Å². The van der Waals surface area contributed by atoms with Gasteiger partial charge in [-0.2, -0.15) is 5.10 Å². The highest BCUT2D eigenvalue weighted by atomic mass is 16.5. The first-order chi connectivity index (χ1) is 16.4. The number of carbonyl (C=O) groups excluding carboxylic acids is 2. The Kier molecular flexibility index (Phi) is 8.40. The van der Waals surface area contributed by atoms with Crippen LogP contribution in [0.15, 0.2) is 65.8 Å². The Hall–Kier alpha value is -4.13. The molecule has 0 bridgehead atoms. The lowest BCUT2D eigenvalue weighted by atomic mass is 10.1. The second kappa shape index (κ2) is 11.7. The fourth-order valence-corrected chi connectivity index (χ4v) is 3.09. The average molecular weight is 460 g/mol. The van der Waals surface area contributed by atoms with Crippen molar-refractivity contribution in [3.05, 3.63) is 88.5 Å². The van der Waals surface area contributed by atoms with E-state index in [1.807, 2.05) is 58.0 Å². The van der Waals surface area contributed by atoms with Crippen molar-refractivity contribution in [2.24, 2.45) is 5.10 Å². The Morgan fingerprint density at radius 2 is 1.65 bits per heavy atom. The number of hydrogen-bond donors (Lipinski definition) is 2. The maximum absolute atomic E-state index is 12.3. The third kappa shape index (κ3) is 6.93. The summed E-state index contributed by atoms with van der Waals surface area (Å²) < 4.78 is 11.4. The van der Waals surface area contributed by atoms with Crippen LogP contribution < -0.4 is 20.2 Å². The molecule has 3 aromatic carbocycles. The van der Waals surface area contributed by atoms with Crippen molar-refractivity contribution < 1.29 is 19.1 Å². The number of nitrogens with zero attached hydrogens (tertiary/aromatic N) is 1. The molecule has 0 aliphatic rings. The van der Waals surface area contributed by atoms with Crippen LogP contribution >= 0.6 is 0 Å². The number of aryl methyl sites for hydroxylation is 3. The fourth-order valence-electron chi connectivity index (χ4n) is 3.09. The maximum Gasteiger partial charge on any atom is 0.271 e. The van der Waals surface area contributed by atoms with E-state index < -0.39 is 0 Å². The highest BCUT2D eigenvalue weighted by Crippen LogP contribution is 2.28. The maximum atomic E-state index is 12.3. The van der Waals surface area contributed by atoms with Crippen LogP contribution in [0.4, 0.5) is 5.69 Å². The van der Waals surface area contributed by atoms with Gasteiger partial charge in [0.1, 0.15) is 0 Å². The van der Waals surface area contributed by atoms with Gasteiger partial charge in [0.25, 0.3) is 11.8 Å². The van der Waals surface area contributed by atoms with Crippen LogP contribution in [0.1, 0.15) is 39.5 Å². The van der Waals surface area contributed by atoms with Crippen LogP contribution in [0.2, 0.25) is 0 Å². The largest absolute Gasteiger partial charge is 0.490 e. The van der Waals surface area contributed by atoms with E-state index in [0.717, 1.165) is 22.4 Å². The number of benzene rings is 3. The molecule has 2 N–H and O–H groups in total. The minimum atomic E-state index is -0.295. The van der Waals surface area contributed by atoms with Crippen molar-refractivity contribution in [2.75, 3.05) is 18.5 Å². The Morgan fingerprint density at radius 1 is 0.882 bits per heavy atom. The van der Waals surface area contributed by atoms with Gasteiger partial charge in [-0.15, -0.1) is 0 Å². The molecular weight excluding hydrogens is 430 g/mol. The van der Waals surface area contributed by atoms with Crippen molar-refractivity contribution in [3.63, 3.8) is 0 Å². The Bertz CT molecular complexity index is 1190. The standard InChI is InChI=1S/C27H29N3O4/c1-5-33-25-15-21(16-28-30-27(32)22-10-6-18(2)7-11-22)9-13-24(25)34-17-26(31)29-23-12-8-19(3)20(4)14-23/h6-16H,5,17H2,1-4H3,(H,29,31)(H,30,32). The normalized spacial score (nSPS) is 10.7. The fraction of sp³-hybridized carbons (Fsp3) is 0.222. The Labute approximate surface area is 199 Å². The topological polar surface area (TPSA) is 89.0 Å².